The molecule has 3 rings (SSSR count). The van der Waals surface area contributed by atoms with Gasteiger partial charge in [-0.3, -0.25) is 0 Å². The molecule has 0 unspecified atom stereocenters. The highest BCUT2D eigenvalue weighted by Gasteiger charge is 2.12. The fourth-order valence-electron chi connectivity index (χ4n) is 2.62. The summed E-state index contributed by atoms with van der Waals surface area (Å²) in [5.74, 6) is 1.69. The molecule has 2 aromatic carbocycles. The molecule has 0 radical (unpaired) electrons. The Morgan fingerprint density at radius 3 is 2.81 bits per heavy atom. The van der Waals surface area contributed by atoms with E-state index in [2.05, 4.69) is 15.3 Å². The van der Waals surface area contributed by atoms with Gasteiger partial charge in [0.15, 0.2) is 17.3 Å². The van der Waals surface area contributed by atoms with E-state index in [1.54, 1.807) is 30.1 Å². The van der Waals surface area contributed by atoms with E-state index in [4.69, 9.17) is 33.3 Å². The predicted molar refractivity (Wildman–Crippen MR) is 110 cm³/mol. The van der Waals surface area contributed by atoms with Crippen molar-refractivity contribution in [2.45, 2.75) is 13.8 Å². The summed E-state index contributed by atoms with van der Waals surface area (Å²) in [5, 5.41) is 12.0. The van der Waals surface area contributed by atoms with Crippen LogP contribution in [0.25, 0.3) is 11.4 Å². The first-order valence-corrected chi connectivity index (χ1v) is 9.11. The zero-order chi connectivity index (χ0) is 19.4. The predicted octanol–water partition coefficient (Wildman–Crippen LogP) is 4.86. The zero-order valence-electron chi connectivity index (χ0n) is 15.2. The number of rotatable bonds is 6. The summed E-state index contributed by atoms with van der Waals surface area (Å²) < 4.78 is 12.9. The molecular formula is C19H19ClN4O2S. The number of hydrogen-bond acceptors (Lipinski definition) is 5. The molecule has 0 amide bonds. The maximum absolute atomic E-state index is 6.32. The highest BCUT2D eigenvalue weighted by molar-refractivity contribution is 7.71. The Bertz CT molecular complexity index is 1040. The van der Waals surface area contributed by atoms with E-state index in [9.17, 15) is 0 Å². The second-order valence-corrected chi connectivity index (χ2v) is 6.48. The minimum atomic E-state index is 0.397. The maximum atomic E-state index is 6.32. The molecule has 0 spiro atoms. The molecule has 0 saturated carbocycles. The van der Waals surface area contributed by atoms with Gasteiger partial charge in [-0.15, -0.1) is 0 Å². The van der Waals surface area contributed by atoms with E-state index < -0.39 is 0 Å². The minimum Gasteiger partial charge on any atom is -0.493 e. The first kappa shape index (κ1) is 19.1. The van der Waals surface area contributed by atoms with Crippen LogP contribution in [0.3, 0.4) is 0 Å². The van der Waals surface area contributed by atoms with E-state index in [0.29, 0.717) is 33.7 Å². The summed E-state index contributed by atoms with van der Waals surface area (Å²) in [5.41, 5.74) is 2.78. The number of H-pyrrole nitrogens is 1. The Balaban J connectivity index is 2.01. The van der Waals surface area contributed by atoms with Gasteiger partial charge in [0, 0.05) is 5.56 Å². The lowest BCUT2D eigenvalue weighted by Crippen LogP contribution is -1.99. The zero-order valence-corrected chi connectivity index (χ0v) is 16.8. The summed E-state index contributed by atoms with van der Waals surface area (Å²) >= 11 is 11.6. The van der Waals surface area contributed by atoms with Crippen molar-refractivity contribution in [2.75, 3.05) is 13.7 Å². The van der Waals surface area contributed by atoms with Crippen molar-refractivity contribution >= 4 is 30.0 Å². The average molecular weight is 403 g/mol. The molecule has 1 aromatic heterocycles. The third kappa shape index (κ3) is 4.04. The molecule has 0 aliphatic heterocycles. The lowest BCUT2D eigenvalue weighted by atomic mass is 10.1. The van der Waals surface area contributed by atoms with Crippen LogP contribution in [-0.4, -0.2) is 34.8 Å². The first-order valence-electron chi connectivity index (χ1n) is 8.33. The van der Waals surface area contributed by atoms with Crippen molar-refractivity contribution in [3.8, 4) is 22.9 Å². The average Bonchev–Trinajstić information content (AvgIpc) is 3.02. The van der Waals surface area contributed by atoms with Gasteiger partial charge in [0.25, 0.3) is 0 Å². The molecule has 0 saturated heterocycles. The van der Waals surface area contributed by atoms with E-state index >= 15 is 0 Å². The van der Waals surface area contributed by atoms with Gasteiger partial charge in [0.2, 0.25) is 4.77 Å². The smallest absolute Gasteiger partial charge is 0.216 e. The molecular weight excluding hydrogens is 384 g/mol. The van der Waals surface area contributed by atoms with Crippen molar-refractivity contribution in [3.63, 3.8) is 0 Å². The van der Waals surface area contributed by atoms with Gasteiger partial charge < -0.3 is 9.47 Å². The molecule has 3 aromatic rings. The number of aromatic nitrogens is 3. The summed E-state index contributed by atoms with van der Waals surface area (Å²) in [4.78, 5) is 0. The normalized spacial score (nSPS) is 11.1. The van der Waals surface area contributed by atoms with Crippen LogP contribution in [0.15, 0.2) is 41.5 Å². The van der Waals surface area contributed by atoms with E-state index in [0.717, 1.165) is 16.7 Å². The molecule has 0 atom stereocenters. The Kier molecular flexibility index (Phi) is 5.93. The molecule has 0 bridgehead atoms. The molecule has 0 aliphatic rings. The third-order valence-corrected chi connectivity index (χ3v) is 4.44. The fourth-order valence-corrected chi connectivity index (χ4v) is 3.07. The fraction of sp³-hybridized carbons (Fsp3) is 0.211. The number of hydrogen-bond donors (Lipinski definition) is 1. The summed E-state index contributed by atoms with van der Waals surface area (Å²) in [7, 11) is 1.57. The van der Waals surface area contributed by atoms with Crippen molar-refractivity contribution < 1.29 is 9.47 Å². The number of aryl methyl sites for hydroxylation is 1. The SMILES string of the molecule is CCOc1c(Cl)cc(/C=N/n2c(-c3ccccc3C)n[nH]c2=S)cc1OC. The van der Waals surface area contributed by atoms with Crippen LogP contribution in [0, 0.1) is 11.7 Å². The number of ether oxygens (including phenoxy) is 2. The number of nitrogens with zero attached hydrogens (tertiary/aromatic N) is 3. The number of aromatic amines is 1. The Morgan fingerprint density at radius 1 is 1.33 bits per heavy atom. The number of halogens is 1. The van der Waals surface area contributed by atoms with Crippen LogP contribution in [0.1, 0.15) is 18.1 Å². The maximum Gasteiger partial charge on any atom is 0.216 e. The molecule has 0 aliphatic carbocycles. The van der Waals surface area contributed by atoms with Gasteiger partial charge >= 0.3 is 0 Å². The van der Waals surface area contributed by atoms with Crippen molar-refractivity contribution in [1.82, 2.24) is 14.9 Å². The van der Waals surface area contributed by atoms with Crippen LogP contribution in [0.5, 0.6) is 11.5 Å². The quantitative estimate of drug-likeness (QED) is 0.472. The van der Waals surface area contributed by atoms with Crippen LogP contribution >= 0.6 is 23.8 Å². The van der Waals surface area contributed by atoms with Gasteiger partial charge in [-0.1, -0.05) is 35.9 Å². The van der Waals surface area contributed by atoms with Gasteiger partial charge in [-0.05, 0) is 49.3 Å². The molecule has 140 valence electrons. The summed E-state index contributed by atoms with van der Waals surface area (Å²) in [6.45, 7) is 4.39. The Hall–Kier alpha value is -2.64. The molecule has 6 nitrogen and oxygen atoms in total. The standard InChI is InChI=1S/C19H19ClN4O2S/c1-4-26-17-15(20)9-13(10-16(17)25-3)11-21-24-18(22-23-19(24)27)14-8-6-5-7-12(14)2/h5-11H,4H2,1-3H3,(H,23,27)/b21-11+. The highest BCUT2D eigenvalue weighted by Crippen LogP contribution is 2.36. The van der Waals surface area contributed by atoms with Crippen molar-refractivity contribution in [2.24, 2.45) is 5.10 Å². The second kappa shape index (κ2) is 8.37. The molecule has 0 fully saturated rings. The Labute approximate surface area is 167 Å². The second-order valence-electron chi connectivity index (χ2n) is 5.69. The van der Waals surface area contributed by atoms with E-state index in [1.165, 1.54) is 0 Å². The van der Waals surface area contributed by atoms with Crippen LogP contribution in [0.2, 0.25) is 5.02 Å². The molecule has 8 heteroatoms. The van der Waals surface area contributed by atoms with Gasteiger partial charge in [0.1, 0.15) is 0 Å². The number of benzene rings is 2. The summed E-state index contributed by atoms with van der Waals surface area (Å²) in [6, 6.07) is 11.5. The van der Waals surface area contributed by atoms with Gasteiger partial charge in [-0.2, -0.15) is 14.9 Å². The van der Waals surface area contributed by atoms with Gasteiger partial charge in [0.05, 0.1) is 25.0 Å². The summed E-state index contributed by atoms with van der Waals surface area (Å²) in [6.07, 6.45) is 1.65. The monoisotopic (exact) mass is 402 g/mol. The lowest BCUT2D eigenvalue weighted by Gasteiger charge is -2.11. The number of nitrogens with one attached hydrogen (secondary N) is 1. The highest BCUT2D eigenvalue weighted by atomic mass is 35.5. The molecule has 1 N–H and O–H groups in total. The van der Waals surface area contributed by atoms with Crippen LogP contribution in [0.4, 0.5) is 0 Å². The van der Waals surface area contributed by atoms with Crippen molar-refractivity contribution in [1.29, 1.82) is 0 Å². The van der Waals surface area contributed by atoms with Crippen molar-refractivity contribution in [3.05, 3.63) is 57.3 Å². The first-order chi connectivity index (χ1) is 13.0. The minimum absolute atomic E-state index is 0.397. The lowest BCUT2D eigenvalue weighted by molar-refractivity contribution is 0.311. The van der Waals surface area contributed by atoms with Crippen LogP contribution in [-0.2, 0) is 0 Å². The Morgan fingerprint density at radius 2 is 2.11 bits per heavy atom. The number of methoxy groups -OCH3 is 1. The third-order valence-electron chi connectivity index (χ3n) is 3.90. The van der Waals surface area contributed by atoms with Gasteiger partial charge in [-0.25, -0.2) is 5.10 Å². The molecule has 27 heavy (non-hydrogen) atoms. The van der Waals surface area contributed by atoms with E-state index in [-0.39, 0.29) is 0 Å². The topological polar surface area (TPSA) is 64.4 Å². The molecule has 1 heterocycles. The van der Waals surface area contributed by atoms with E-state index in [1.807, 2.05) is 38.1 Å². The largest absolute Gasteiger partial charge is 0.493 e. The van der Waals surface area contributed by atoms with Crippen LogP contribution < -0.4 is 9.47 Å².